The summed E-state index contributed by atoms with van der Waals surface area (Å²) in [4.78, 5) is 38.0. The third kappa shape index (κ3) is 56.2. The first-order chi connectivity index (χ1) is 35.5. The lowest BCUT2D eigenvalue weighted by Crippen LogP contribution is -2.30. The molecule has 0 spiro atoms. The zero-order valence-corrected chi connectivity index (χ0v) is 46.1. The van der Waals surface area contributed by atoms with Crippen molar-refractivity contribution in [1.29, 1.82) is 0 Å². The smallest absolute Gasteiger partial charge is 0.306 e. The monoisotopic (exact) mass is 993 g/mol. The Morgan fingerprint density at radius 1 is 0.292 bits per heavy atom. The Hall–Kier alpha value is -4.71. The lowest BCUT2D eigenvalue weighted by atomic mass is 10.1. The van der Waals surface area contributed by atoms with Gasteiger partial charge in [-0.2, -0.15) is 0 Å². The van der Waals surface area contributed by atoms with E-state index in [-0.39, 0.29) is 31.6 Å². The molecule has 0 N–H and O–H groups in total. The number of unbranched alkanes of at least 4 members (excludes halogenated alkanes) is 15. The van der Waals surface area contributed by atoms with Gasteiger partial charge in [0, 0.05) is 19.3 Å². The third-order valence-corrected chi connectivity index (χ3v) is 11.6. The largest absolute Gasteiger partial charge is 0.462 e. The minimum Gasteiger partial charge on any atom is -0.462 e. The normalized spacial score (nSPS) is 13.2. The van der Waals surface area contributed by atoms with Gasteiger partial charge in [-0.25, -0.2) is 0 Å². The van der Waals surface area contributed by atoms with Crippen LogP contribution in [0.1, 0.15) is 233 Å². The van der Waals surface area contributed by atoms with Gasteiger partial charge in [0.25, 0.3) is 0 Å². The Bertz CT molecular complexity index is 1610. The SMILES string of the molecule is CC/C=C\C/C=C\C/C=C\C/C=C\C/C=C\C/C=C\C/C=C\CCCCCCCCCCCC(=O)OCC(COC(=O)CCCCCCC/C=C\CCC)OC(=O)CC/C=C\C/C=C\C/C=C\C/C=C\CC. The molecule has 0 aromatic heterocycles. The van der Waals surface area contributed by atoms with Crippen LogP contribution in [0.15, 0.2) is 146 Å². The highest BCUT2D eigenvalue weighted by atomic mass is 16.6. The number of carbonyl (C=O) groups is 3. The number of ether oxygens (including phenoxy) is 3. The Morgan fingerprint density at radius 2 is 0.569 bits per heavy atom. The van der Waals surface area contributed by atoms with Crippen LogP contribution >= 0.6 is 0 Å². The molecule has 0 saturated heterocycles. The number of hydrogen-bond donors (Lipinski definition) is 0. The van der Waals surface area contributed by atoms with E-state index in [2.05, 4.69) is 154 Å². The van der Waals surface area contributed by atoms with Gasteiger partial charge >= 0.3 is 17.9 Å². The Morgan fingerprint density at radius 3 is 0.917 bits per heavy atom. The van der Waals surface area contributed by atoms with E-state index in [1.54, 1.807) is 0 Å². The van der Waals surface area contributed by atoms with Crippen LogP contribution in [0.25, 0.3) is 0 Å². The highest BCUT2D eigenvalue weighted by Crippen LogP contribution is 2.14. The molecule has 0 aromatic rings. The molecule has 0 aliphatic rings. The number of esters is 3. The van der Waals surface area contributed by atoms with Crippen molar-refractivity contribution >= 4 is 17.9 Å². The predicted octanol–water partition coefficient (Wildman–Crippen LogP) is 19.6. The molecular weight excluding hydrogens is 889 g/mol. The van der Waals surface area contributed by atoms with Gasteiger partial charge in [0.2, 0.25) is 0 Å². The number of rotatable bonds is 50. The fourth-order valence-corrected chi connectivity index (χ4v) is 7.32. The first-order valence-electron chi connectivity index (χ1n) is 28.8. The van der Waals surface area contributed by atoms with E-state index in [1.165, 1.54) is 51.4 Å². The minimum absolute atomic E-state index is 0.117. The summed E-state index contributed by atoms with van der Waals surface area (Å²) < 4.78 is 16.7. The van der Waals surface area contributed by atoms with Crippen molar-refractivity contribution in [2.24, 2.45) is 0 Å². The first kappa shape index (κ1) is 67.3. The van der Waals surface area contributed by atoms with Crippen molar-refractivity contribution in [3.05, 3.63) is 146 Å². The lowest BCUT2D eigenvalue weighted by molar-refractivity contribution is -0.166. The molecule has 0 amide bonds. The highest BCUT2D eigenvalue weighted by molar-refractivity contribution is 5.71. The third-order valence-electron chi connectivity index (χ3n) is 11.6. The molecule has 0 heterocycles. The zero-order chi connectivity index (χ0) is 52.2. The van der Waals surface area contributed by atoms with Gasteiger partial charge in [0.15, 0.2) is 6.10 Å². The van der Waals surface area contributed by atoms with Crippen molar-refractivity contribution in [3.8, 4) is 0 Å². The molecule has 404 valence electrons. The summed E-state index contributed by atoms with van der Waals surface area (Å²) in [5, 5.41) is 0. The van der Waals surface area contributed by atoms with Gasteiger partial charge in [-0.1, -0.05) is 237 Å². The molecule has 0 bridgehead atoms. The highest BCUT2D eigenvalue weighted by Gasteiger charge is 2.19. The van der Waals surface area contributed by atoms with Gasteiger partial charge in [-0.3, -0.25) is 14.4 Å². The van der Waals surface area contributed by atoms with Crippen LogP contribution in [0.3, 0.4) is 0 Å². The molecule has 0 aliphatic carbocycles. The van der Waals surface area contributed by atoms with Crippen LogP contribution < -0.4 is 0 Å². The summed E-state index contributed by atoms with van der Waals surface area (Å²) in [7, 11) is 0. The Balaban J connectivity index is 4.26. The lowest BCUT2D eigenvalue weighted by Gasteiger charge is -2.18. The summed E-state index contributed by atoms with van der Waals surface area (Å²) in [6.07, 6.45) is 84.4. The van der Waals surface area contributed by atoms with Crippen molar-refractivity contribution in [2.45, 2.75) is 239 Å². The molecule has 0 fully saturated rings. The summed E-state index contributed by atoms with van der Waals surface area (Å²) in [5.74, 6) is -1.02. The molecule has 1 unspecified atom stereocenters. The fraction of sp³-hybridized carbons (Fsp3) is 0.591. The summed E-state index contributed by atoms with van der Waals surface area (Å²) in [6, 6.07) is 0. The fourth-order valence-electron chi connectivity index (χ4n) is 7.32. The van der Waals surface area contributed by atoms with Gasteiger partial charge in [-0.15, -0.1) is 0 Å². The predicted molar refractivity (Wildman–Crippen MR) is 311 cm³/mol. The van der Waals surface area contributed by atoms with Crippen LogP contribution in [0.2, 0.25) is 0 Å². The van der Waals surface area contributed by atoms with Gasteiger partial charge in [0.1, 0.15) is 13.2 Å². The number of allylic oxidation sites excluding steroid dienone is 24. The molecule has 0 rings (SSSR count). The van der Waals surface area contributed by atoms with E-state index in [9.17, 15) is 14.4 Å². The van der Waals surface area contributed by atoms with Crippen LogP contribution in [0, 0.1) is 0 Å². The van der Waals surface area contributed by atoms with E-state index in [1.807, 2.05) is 12.2 Å². The quantitative estimate of drug-likeness (QED) is 0.0261. The van der Waals surface area contributed by atoms with Crippen molar-refractivity contribution in [1.82, 2.24) is 0 Å². The maximum Gasteiger partial charge on any atom is 0.306 e. The maximum absolute atomic E-state index is 12.8. The van der Waals surface area contributed by atoms with Crippen LogP contribution in [0.4, 0.5) is 0 Å². The molecule has 6 heteroatoms. The second kappa shape index (κ2) is 58.9. The van der Waals surface area contributed by atoms with Gasteiger partial charge < -0.3 is 14.2 Å². The van der Waals surface area contributed by atoms with Crippen molar-refractivity contribution < 1.29 is 28.6 Å². The maximum atomic E-state index is 12.8. The zero-order valence-electron chi connectivity index (χ0n) is 46.1. The molecule has 0 saturated carbocycles. The van der Waals surface area contributed by atoms with Crippen LogP contribution in [-0.4, -0.2) is 37.2 Å². The molecule has 6 nitrogen and oxygen atoms in total. The molecule has 1 atom stereocenters. The van der Waals surface area contributed by atoms with E-state index < -0.39 is 12.1 Å². The Labute approximate surface area is 442 Å². The number of hydrogen-bond acceptors (Lipinski definition) is 6. The van der Waals surface area contributed by atoms with Crippen LogP contribution in [-0.2, 0) is 28.6 Å². The first-order valence-corrected chi connectivity index (χ1v) is 28.8. The second-order valence-corrected chi connectivity index (χ2v) is 18.4. The number of carbonyl (C=O) groups excluding carboxylic acids is 3. The average Bonchev–Trinajstić information content (AvgIpc) is 3.38. The van der Waals surface area contributed by atoms with E-state index in [0.29, 0.717) is 19.3 Å². The van der Waals surface area contributed by atoms with Crippen LogP contribution in [0.5, 0.6) is 0 Å². The molecule has 72 heavy (non-hydrogen) atoms. The van der Waals surface area contributed by atoms with E-state index in [0.717, 1.165) is 135 Å². The van der Waals surface area contributed by atoms with E-state index >= 15 is 0 Å². The molecule has 0 aromatic carbocycles. The van der Waals surface area contributed by atoms with Crippen molar-refractivity contribution in [3.63, 3.8) is 0 Å². The summed E-state index contributed by atoms with van der Waals surface area (Å²) in [6.45, 7) is 6.25. The molecule has 0 aliphatic heterocycles. The average molecular weight is 994 g/mol. The summed E-state index contributed by atoms with van der Waals surface area (Å²) in [5.41, 5.74) is 0. The minimum atomic E-state index is -0.826. The van der Waals surface area contributed by atoms with E-state index in [4.69, 9.17) is 14.2 Å². The molecule has 0 radical (unpaired) electrons. The second-order valence-electron chi connectivity index (χ2n) is 18.4. The van der Waals surface area contributed by atoms with Crippen molar-refractivity contribution in [2.75, 3.05) is 13.2 Å². The molecular formula is C66H104O6. The topological polar surface area (TPSA) is 78.9 Å². The van der Waals surface area contributed by atoms with Gasteiger partial charge in [0.05, 0.1) is 0 Å². The standard InChI is InChI=1S/C66H104O6/c1-4-7-10-13-16-19-22-24-25-26-27-28-29-30-31-32-33-34-35-36-37-38-39-40-41-43-44-47-50-53-56-59-65(68)71-62-63(61-70-64(67)58-55-52-49-46-21-18-15-12-9-6-3)72-66(69)60-57-54-51-48-45-42-23-20-17-14-11-8-5-2/h7-8,10-12,15-17,19-20,24-25,27-28,30-31,33-34,36-37,42,45,51,54,63H,4-6,9,13-14,18,21-23,26,29,32,35,38-41,43-44,46-50,52-53,55-62H2,1-3H3/b10-7-,11-8-,15-12-,19-16-,20-17-,25-24-,28-27-,31-30-,34-33-,37-36-,45-42-,54-51-. The van der Waals surface area contributed by atoms with Gasteiger partial charge in [-0.05, 0) is 122 Å². The summed E-state index contributed by atoms with van der Waals surface area (Å²) >= 11 is 0. The Kier molecular flexibility index (Phi) is 55.0.